The number of nitriles is 1. The number of carboxylic acid groups (broad SMARTS) is 1. The van der Waals surface area contributed by atoms with E-state index in [1.54, 1.807) is 19.1 Å². The summed E-state index contributed by atoms with van der Waals surface area (Å²) in [4.78, 5) is 30.6. The average molecular weight is 394 g/mol. The van der Waals surface area contributed by atoms with Gasteiger partial charge in [0.05, 0.1) is 28.0 Å². The standard InChI is InChI=1S/C18H10N4O5S/c1-7-2-3-9-14(27-6-26-9)12(7)22-13-8(4-19)5-20-16-10(13)11(21-18(22)25)15(28-16)17(23)24/h2-3,5H,6H2,1H3,(H,21,25)(H,23,24). The van der Waals surface area contributed by atoms with Crippen LogP contribution >= 0.6 is 11.3 Å². The van der Waals surface area contributed by atoms with Crippen LogP contribution in [-0.4, -0.2) is 28.9 Å². The van der Waals surface area contributed by atoms with Gasteiger partial charge in [-0.3, -0.25) is 4.90 Å². The largest absolute Gasteiger partial charge is 0.477 e. The normalized spacial score (nSPS) is 14.1. The molecule has 3 aromatic rings. The minimum absolute atomic E-state index is 0.0188. The summed E-state index contributed by atoms with van der Waals surface area (Å²) in [5.41, 5.74) is 1.74. The number of aromatic nitrogens is 1. The Morgan fingerprint density at radius 1 is 1.39 bits per heavy atom. The second kappa shape index (κ2) is 5.58. The first-order valence-corrected chi connectivity index (χ1v) is 8.92. The number of pyridine rings is 1. The molecule has 2 N–H and O–H groups in total. The summed E-state index contributed by atoms with van der Waals surface area (Å²) in [5.74, 6) is -0.301. The summed E-state index contributed by atoms with van der Waals surface area (Å²) < 4.78 is 11.0. The van der Waals surface area contributed by atoms with Gasteiger partial charge in [-0.1, -0.05) is 6.07 Å². The first kappa shape index (κ1) is 16.3. The van der Waals surface area contributed by atoms with Gasteiger partial charge < -0.3 is 19.9 Å². The number of carbonyl (C=O) groups excluding carboxylic acids is 1. The van der Waals surface area contributed by atoms with E-state index < -0.39 is 12.0 Å². The summed E-state index contributed by atoms with van der Waals surface area (Å²) in [6.07, 6.45) is 1.34. The zero-order valence-corrected chi connectivity index (χ0v) is 15.1. The summed E-state index contributed by atoms with van der Waals surface area (Å²) in [5, 5.41) is 22.2. The maximum atomic E-state index is 13.1. The van der Waals surface area contributed by atoms with Crippen LogP contribution in [0.3, 0.4) is 0 Å². The molecule has 4 heterocycles. The highest BCUT2D eigenvalue weighted by atomic mass is 32.1. The second-order valence-electron chi connectivity index (χ2n) is 6.15. The van der Waals surface area contributed by atoms with Gasteiger partial charge in [0.25, 0.3) is 0 Å². The molecule has 10 heteroatoms. The first-order chi connectivity index (χ1) is 13.5. The minimum atomic E-state index is -1.18. The molecule has 5 rings (SSSR count). The fourth-order valence-electron chi connectivity index (χ4n) is 3.44. The van der Waals surface area contributed by atoms with Gasteiger partial charge in [0.15, 0.2) is 11.5 Å². The first-order valence-electron chi connectivity index (χ1n) is 8.10. The maximum absolute atomic E-state index is 13.1. The van der Waals surface area contributed by atoms with E-state index in [0.29, 0.717) is 27.4 Å². The Balaban J connectivity index is 1.89. The van der Waals surface area contributed by atoms with Crippen LogP contribution in [0.15, 0.2) is 18.3 Å². The third kappa shape index (κ3) is 2.02. The number of hydrogen-bond donors (Lipinski definition) is 2. The van der Waals surface area contributed by atoms with Crippen molar-refractivity contribution in [1.82, 2.24) is 4.98 Å². The molecule has 2 aromatic heterocycles. The molecule has 2 amide bonds. The van der Waals surface area contributed by atoms with Crippen LogP contribution in [0.4, 0.5) is 21.9 Å². The van der Waals surface area contributed by atoms with E-state index in [9.17, 15) is 20.0 Å². The molecule has 138 valence electrons. The molecule has 2 aliphatic heterocycles. The SMILES string of the molecule is Cc1ccc2c(c1N1C(=O)Nc3c(C(=O)O)sc4ncc(C#N)c1c34)OCO2. The van der Waals surface area contributed by atoms with E-state index in [0.717, 1.165) is 16.9 Å². The fraction of sp³-hybridized carbons (Fsp3) is 0.111. The number of nitrogens with zero attached hydrogens (tertiary/aromatic N) is 3. The van der Waals surface area contributed by atoms with Gasteiger partial charge in [0, 0.05) is 6.20 Å². The van der Waals surface area contributed by atoms with E-state index in [-0.39, 0.29) is 28.6 Å². The molecule has 2 aliphatic rings. The third-order valence-corrected chi connectivity index (χ3v) is 5.69. The van der Waals surface area contributed by atoms with Gasteiger partial charge in [-0.2, -0.15) is 5.26 Å². The van der Waals surface area contributed by atoms with Crippen molar-refractivity contribution in [2.24, 2.45) is 0 Å². The molecule has 0 atom stereocenters. The number of carboxylic acids is 1. The molecule has 0 spiro atoms. The lowest BCUT2D eigenvalue weighted by Gasteiger charge is -2.30. The summed E-state index contributed by atoms with van der Waals surface area (Å²) in [6.45, 7) is 1.83. The van der Waals surface area contributed by atoms with Crippen LogP contribution in [0, 0.1) is 18.3 Å². The molecule has 0 fully saturated rings. The predicted octanol–water partition coefficient (Wildman–Crippen LogP) is 3.59. The number of thiophene rings is 1. The molecule has 1 aromatic carbocycles. The Morgan fingerprint density at radius 2 is 2.21 bits per heavy atom. The number of benzene rings is 1. The monoisotopic (exact) mass is 394 g/mol. The predicted molar refractivity (Wildman–Crippen MR) is 99.8 cm³/mol. The number of anilines is 3. The van der Waals surface area contributed by atoms with Gasteiger partial charge in [-0.15, -0.1) is 11.3 Å². The molecule has 0 saturated carbocycles. The molecule has 0 bridgehead atoms. The zero-order chi connectivity index (χ0) is 19.6. The van der Waals surface area contributed by atoms with Crippen molar-refractivity contribution in [3.05, 3.63) is 34.3 Å². The topological polar surface area (TPSA) is 125 Å². The van der Waals surface area contributed by atoms with E-state index >= 15 is 0 Å². The van der Waals surface area contributed by atoms with Crippen LogP contribution in [0.2, 0.25) is 0 Å². The van der Waals surface area contributed by atoms with E-state index in [1.165, 1.54) is 11.1 Å². The molecular formula is C18H10N4O5S. The Kier molecular flexibility index (Phi) is 3.25. The number of urea groups is 1. The number of amides is 2. The second-order valence-corrected chi connectivity index (χ2v) is 7.15. The molecule has 0 saturated heterocycles. The average Bonchev–Trinajstić information content (AvgIpc) is 3.28. The number of hydrogen-bond acceptors (Lipinski definition) is 7. The Bertz CT molecular complexity index is 1260. The molecule has 0 unspecified atom stereocenters. The fourth-order valence-corrected chi connectivity index (χ4v) is 4.39. The number of ether oxygens (including phenoxy) is 2. The summed E-state index contributed by atoms with van der Waals surface area (Å²) in [6, 6.07) is 4.98. The molecule has 0 aliphatic carbocycles. The van der Waals surface area contributed by atoms with Gasteiger partial charge in [0.2, 0.25) is 6.79 Å². The number of aryl methyl sites for hydroxylation is 1. The highest BCUT2D eigenvalue weighted by molar-refractivity contribution is 7.21. The van der Waals surface area contributed by atoms with Crippen LogP contribution in [-0.2, 0) is 0 Å². The van der Waals surface area contributed by atoms with Crippen molar-refractivity contribution in [1.29, 1.82) is 5.26 Å². The lowest BCUT2D eigenvalue weighted by atomic mass is 10.1. The Morgan fingerprint density at radius 3 is 2.96 bits per heavy atom. The number of nitrogens with one attached hydrogen (secondary N) is 1. The zero-order valence-electron chi connectivity index (χ0n) is 14.3. The molecule has 9 nitrogen and oxygen atoms in total. The maximum Gasteiger partial charge on any atom is 0.348 e. The molecule has 28 heavy (non-hydrogen) atoms. The van der Waals surface area contributed by atoms with Gasteiger partial charge in [-0.25, -0.2) is 14.6 Å². The van der Waals surface area contributed by atoms with Crippen LogP contribution < -0.4 is 19.7 Å². The van der Waals surface area contributed by atoms with Crippen molar-refractivity contribution in [3.63, 3.8) is 0 Å². The lowest BCUT2D eigenvalue weighted by molar-refractivity contribution is 0.0703. The van der Waals surface area contributed by atoms with Gasteiger partial charge in [-0.05, 0) is 18.6 Å². The summed E-state index contributed by atoms with van der Waals surface area (Å²) >= 11 is 0.941. The Hall–Kier alpha value is -3.84. The van der Waals surface area contributed by atoms with Crippen molar-refractivity contribution in [3.8, 4) is 17.6 Å². The van der Waals surface area contributed by atoms with Gasteiger partial charge >= 0.3 is 12.0 Å². The van der Waals surface area contributed by atoms with E-state index in [1.807, 2.05) is 6.07 Å². The van der Waals surface area contributed by atoms with Crippen molar-refractivity contribution >= 4 is 50.6 Å². The van der Waals surface area contributed by atoms with Crippen LogP contribution in [0.5, 0.6) is 11.5 Å². The number of fused-ring (bicyclic) bond motifs is 1. The van der Waals surface area contributed by atoms with Gasteiger partial charge in [0.1, 0.15) is 15.8 Å². The lowest BCUT2D eigenvalue weighted by Crippen LogP contribution is -2.35. The number of rotatable bonds is 2. The third-order valence-electron chi connectivity index (χ3n) is 4.60. The van der Waals surface area contributed by atoms with Crippen molar-refractivity contribution < 1.29 is 24.2 Å². The van der Waals surface area contributed by atoms with E-state index in [2.05, 4.69) is 10.3 Å². The number of aromatic carboxylic acids is 1. The molecular weight excluding hydrogens is 384 g/mol. The summed E-state index contributed by atoms with van der Waals surface area (Å²) in [7, 11) is 0. The number of carbonyl (C=O) groups is 2. The minimum Gasteiger partial charge on any atom is -0.477 e. The quantitative estimate of drug-likeness (QED) is 0.680. The molecule has 0 radical (unpaired) electrons. The van der Waals surface area contributed by atoms with Crippen LogP contribution in [0.1, 0.15) is 20.8 Å². The van der Waals surface area contributed by atoms with E-state index in [4.69, 9.17) is 9.47 Å². The van der Waals surface area contributed by atoms with Crippen molar-refractivity contribution in [2.45, 2.75) is 6.92 Å². The Labute approximate surface area is 161 Å². The smallest absolute Gasteiger partial charge is 0.348 e. The highest BCUT2D eigenvalue weighted by Gasteiger charge is 2.38. The highest BCUT2D eigenvalue weighted by Crippen LogP contribution is 2.52. The van der Waals surface area contributed by atoms with Crippen LogP contribution in [0.25, 0.3) is 10.2 Å². The van der Waals surface area contributed by atoms with Crippen molar-refractivity contribution in [2.75, 3.05) is 17.0 Å².